The fraction of sp³-hybridized carbons (Fsp3) is 0.364. The molecule has 1 aromatic carbocycles. The number of benzene rings is 1. The molecular weight excluding hydrogens is 452 g/mol. The third-order valence-corrected chi connectivity index (χ3v) is 6.09. The Morgan fingerprint density at radius 3 is 2.48 bits per heavy atom. The van der Waals surface area contributed by atoms with Gasteiger partial charge in [0.25, 0.3) is 5.91 Å². The number of hydrogen-bond acceptors (Lipinski definition) is 5. The first kappa shape index (κ1) is 24.3. The maximum Gasteiger partial charge on any atom is 0.404 e. The fourth-order valence-electron chi connectivity index (χ4n) is 3.60. The molecule has 0 aliphatic rings. The van der Waals surface area contributed by atoms with E-state index in [0.29, 0.717) is 16.3 Å². The minimum Gasteiger partial charge on any atom is -0.465 e. The van der Waals surface area contributed by atoms with E-state index < -0.39 is 41.1 Å². The highest BCUT2D eigenvalue weighted by Gasteiger charge is 2.35. The van der Waals surface area contributed by atoms with Crippen molar-refractivity contribution in [3.8, 4) is 11.4 Å². The Balaban J connectivity index is 1.90. The molecule has 3 aromatic rings. The van der Waals surface area contributed by atoms with Crippen molar-refractivity contribution in [2.24, 2.45) is 12.5 Å². The summed E-state index contributed by atoms with van der Waals surface area (Å²) in [4.78, 5) is 29.2. The monoisotopic (exact) mass is 477 g/mol. The molecule has 0 saturated heterocycles. The van der Waals surface area contributed by atoms with E-state index >= 15 is 0 Å². The summed E-state index contributed by atoms with van der Waals surface area (Å²) in [6, 6.07) is 3.69. The number of aryl methyl sites for hydroxylation is 1. The third kappa shape index (κ3) is 5.92. The molecule has 0 radical (unpaired) electrons. The topological polar surface area (TPSA) is 109 Å². The predicted octanol–water partition coefficient (Wildman–Crippen LogP) is 3.85. The summed E-state index contributed by atoms with van der Waals surface area (Å²) in [6.45, 7) is 5.49. The number of rotatable bonds is 7. The molecule has 0 spiro atoms. The van der Waals surface area contributed by atoms with Crippen molar-refractivity contribution in [1.29, 1.82) is 0 Å². The molecule has 176 valence electrons. The molecule has 2 heterocycles. The molecule has 2 atom stereocenters. The van der Waals surface area contributed by atoms with Gasteiger partial charge in [-0.25, -0.2) is 23.2 Å². The van der Waals surface area contributed by atoms with Gasteiger partial charge in [0.1, 0.15) is 6.33 Å². The van der Waals surface area contributed by atoms with Crippen LogP contribution in [0.2, 0.25) is 0 Å². The van der Waals surface area contributed by atoms with Crippen LogP contribution >= 0.6 is 11.3 Å². The van der Waals surface area contributed by atoms with Crippen LogP contribution in [0.4, 0.5) is 13.6 Å². The summed E-state index contributed by atoms with van der Waals surface area (Å²) in [7, 11) is 1.74. The Labute approximate surface area is 193 Å². The number of amides is 2. The molecule has 11 heteroatoms. The lowest BCUT2D eigenvalue weighted by Crippen LogP contribution is -2.58. The highest BCUT2D eigenvalue weighted by Crippen LogP contribution is 2.27. The normalized spacial score (nSPS) is 13.4. The van der Waals surface area contributed by atoms with Crippen LogP contribution < -0.4 is 10.6 Å². The van der Waals surface area contributed by atoms with Crippen LogP contribution in [-0.4, -0.2) is 44.0 Å². The molecule has 0 aliphatic carbocycles. The zero-order chi connectivity index (χ0) is 24.3. The Morgan fingerprint density at radius 2 is 1.91 bits per heavy atom. The van der Waals surface area contributed by atoms with Gasteiger partial charge in [-0.15, -0.1) is 11.3 Å². The second kappa shape index (κ2) is 9.65. The van der Waals surface area contributed by atoms with Crippen LogP contribution in [0.3, 0.4) is 0 Å². The van der Waals surface area contributed by atoms with Crippen LogP contribution in [0.15, 0.2) is 36.0 Å². The third-order valence-electron chi connectivity index (χ3n) is 5.16. The van der Waals surface area contributed by atoms with Crippen molar-refractivity contribution in [3.05, 3.63) is 58.0 Å². The average Bonchev–Trinajstić information content (AvgIpc) is 3.36. The van der Waals surface area contributed by atoms with Gasteiger partial charge in [0.05, 0.1) is 17.0 Å². The van der Waals surface area contributed by atoms with Gasteiger partial charge in [-0.2, -0.15) is 5.10 Å². The van der Waals surface area contributed by atoms with Gasteiger partial charge in [0.2, 0.25) is 0 Å². The first-order valence-corrected chi connectivity index (χ1v) is 11.0. The molecule has 0 bridgehead atoms. The molecule has 0 saturated carbocycles. The van der Waals surface area contributed by atoms with Gasteiger partial charge in [-0.3, -0.25) is 4.79 Å². The van der Waals surface area contributed by atoms with E-state index in [4.69, 9.17) is 0 Å². The highest BCUT2D eigenvalue weighted by atomic mass is 32.1. The second-order valence-electron chi connectivity index (χ2n) is 8.73. The van der Waals surface area contributed by atoms with Crippen LogP contribution in [0.25, 0.3) is 11.4 Å². The number of aromatic nitrogens is 3. The molecule has 8 nitrogen and oxygen atoms in total. The molecule has 3 N–H and O–H groups in total. The molecule has 2 amide bonds. The van der Waals surface area contributed by atoms with Crippen LogP contribution in [0.1, 0.15) is 36.0 Å². The lowest BCUT2D eigenvalue weighted by Gasteiger charge is -2.37. The van der Waals surface area contributed by atoms with Crippen LogP contribution in [0.5, 0.6) is 0 Å². The number of carbonyl (C=O) groups is 2. The van der Waals surface area contributed by atoms with E-state index in [2.05, 4.69) is 20.7 Å². The average molecular weight is 478 g/mol. The van der Waals surface area contributed by atoms with Crippen molar-refractivity contribution < 1.29 is 23.5 Å². The fourth-order valence-corrected chi connectivity index (χ4v) is 4.38. The van der Waals surface area contributed by atoms with Gasteiger partial charge >= 0.3 is 6.09 Å². The molecule has 3 rings (SSSR count). The summed E-state index contributed by atoms with van der Waals surface area (Å²) < 4.78 is 28.8. The zero-order valence-electron chi connectivity index (χ0n) is 18.6. The van der Waals surface area contributed by atoms with E-state index in [9.17, 15) is 23.5 Å². The molecule has 33 heavy (non-hydrogen) atoms. The van der Waals surface area contributed by atoms with E-state index in [-0.39, 0.29) is 6.42 Å². The molecule has 0 aliphatic heterocycles. The molecule has 0 fully saturated rings. The molecule has 2 aromatic heterocycles. The summed E-state index contributed by atoms with van der Waals surface area (Å²) in [6.07, 6.45) is 0.253. The second-order valence-corrected chi connectivity index (χ2v) is 9.64. The summed E-state index contributed by atoms with van der Waals surface area (Å²) >= 11 is 1.21. The number of carbonyl (C=O) groups excluding carboxylic acids is 1. The predicted molar refractivity (Wildman–Crippen MR) is 120 cm³/mol. The van der Waals surface area contributed by atoms with E-state index in [1.807, 2.05) is 20.8 Å². The standard InChI is InChI=1S/C22H25F2N5O3S/c1-22(2,3)18(28-21(31)32)16(8-12-5-6-14(23)15(24)7-12)27-20(30)17-9-13(10-33-17)19-25-11-26-29(19)4/h5-7,9-11,16,18,28H,8H2,1-4H3,(H,27,30)(H,31,32)/t16-,18?/m0/s1. The first-order chi connectivity index (χ1) is 15.5. The van der Waals surface area contributed by atoms with Crippen molar-refractivity contribution in [2.75, 3.05) is 0 Å². The van der Waals surface area contributed by atoms with Crippen molar-refractivity contribution in [1.82, 2.24) is 25.4 Å². The summed E-state index contributed by atoms with van der Waals surface area (Å²) in [5.74, 6) is -1.81. The minimum atomic E-state index is -1.25. The van der Waals surface area contributed by atoms with Crippen LogP contribution in [-0.2, 0) is 13.5 Å². The highest BCUT2D eigenvalue weighted by molar-refractivity contribution is 7.12. The number of nitrogens with zero attached hydrogens (tertiary/aromatic N) is 3. The number of nitrogens with one attached hydrogen (secondary N) is 2. The maximum absolute atomic E-state index is 13.8. The van der Waals surface area contributed by atoms with Crippen molar-refractivity contribution >= 4 is 23.3 Å². The Kier molecular flexibility index (Phi) is 7.11. The molecular formula is C22H25F2N5O3S. The van der Waals surface area contributed by atoms with E-state index in [0.717, 1.165) is 17.7 Å². The first-order valence-electron chi connectivity index (χ1n) is 10.1. The number of carboxylic acid groups (broad SMARTS) is 1. The van der Waals surface area contributed by atoms with Gasteiger partial charge in [0.15, 0.2) is 17.5 Å². The SMILES string of the molecule is Cn1ncnc1-c1csc(C(=O)N[C@@H](Cc2ccc(F)c(F)c2)C(NC(=O)O)C(C)(C)C)c1. The quantitative estimate of drug-likeness (QED) is 0.479. The largest absolute Gasteiger partial charge is 0.465 e. The number of thiophene rings is 1. The van der Waals surface area contributed by atoms with Gasteiger partial charge < -0.3 is 15.7 Å². The van der Waals surface area contributed by atoms with Gasteiger partial charge in [0, 0.05) is 18.0 Å². The molecule has 1 unspecified atom stereocenters. The number of halogens is 2. The smallest absolute Gasteiger partial charge is 0.404 e. The maximum atomic E-state index is 13.8. The lowest BCUT2D eigenvalue weighted by atomic mass is 9.80. The number of hydrogen-bond donors (Lipinski definition) is 3. The van der Waals surface area contributed by atoms with Gasteiger partial charge in [-0.1, -0.05) is 26.8 Å². The summed E-state index contributed by atoms with van der Waals surface area (Å²) in [5, 5.41) is 20.5. The summed E-state index contributed by atoms with van der Waals surface area (Å²) in [5.41, 5.74) is 0.554. The van der Waals surface area contributed by atoms with Crippen molar-refractivity contribution in [3.63, 3.8) is 0 Å². The van der Waals surface area contributed by atoms with Crippen molar-refractivity contribution in [2.45, 2.75) is 39.3 Å². The van der Waals surface area contributed by atoms with Gasteiger partial charge in [-0.05, 0) is 35.6 Å². The Morgan fingerprint density at radius 1 is 1.18 bits per heavy atom. The van der Waals surface area contributed by atoms with Crippen LogP contribution in [0, 0.1) is 17.0 Å². The Hall–Kier alpha value is -3.34. The lowest BCUT2D eigenvalue weighted by molar-refractivity contribution is 0.0905. The minimum absolute atomic E-state index is 0.0900. The van der Waals surface area contributed by atoms with E-state index in [1.165, 1.54) is 23.7 Å². The zero-order valence-corrected chi connectivity index (χ0v) is 19.4. The van der Waals surface area contributed by atoms with E-state index in [1.54, 1.807) is 23.2 Å². The Bertz CT molecular complexity index is 1160.